The van der Waals surface area contributed by atoms with E-state index in [0.717, 1.165) is 51.4 Å². The lowest BCUT2D eigenvalue weighted by atomic mass is 9.79. The third-order valence-corrected chi connectivity index (χ3v) is 6.87. The number of carbonyl (C=O) groups is 4. The van der Waals surface area contributed by atoms with Gasteiger partial charge >= 0.3 is 5.97 Å². The van der Waals surface area contributed by atoms with Gasteiger partial charge in [-0.3, -0.25) is 24.1 Å². The summed E-state index contributed by atoms with van der Waals surface area (Å²) in [5.41, 5.74) is 0.975. The molecule has 4 rings (SSSR count). The van der Waals surface area contributed by atoms with E-state index in [1.54, 1.807) is 12.1 Å². The molecule has 0 radical (unpaired) electrons. The summed E-state index contributed by atoms with van der Waals surface area (Å²) in [5, 5.41) is 12.2. The first-order valence-electron chi connectivity index (χ1n) is 11.0. The van der Waals surface area contributed by atoms with Crippen LogP contribution < -0.4 is 5.32 Å². The van der Waals surface area contributed by atoms with Gasteiger partial charge in [0, 0.05) is 18.2 Å². The van der Waals surface area contributed by atoms with Gasteiger partial charge in [-0.1, -0.05) is 32.1 Å². The molecule has 1 aliphatic heterocycles. The van der Waals surface area contributed by atoms with Crippen LogP contribution in [0.1, 0.15) is 88.9 Å². The van der Waals surface area contributed by atoms with Crippen molar-refractivity contribution in [1.29, 1.82) is 0 Å². The average Bonchev–Trinajstić information content (AvgIpc) is 3.02. The summed E-state index contributed by atoms with van der Waals surface area (Å²) in [7, 11) is 0. The van der Waals surface area contributed by atoms with Crippen molar-refractivity contribution >= 4 is 23.7 Å². The lowest BCUT2D eigenvalue weighted by Crippen LogP contribution is -2.40. The van der Waals surface area contributed by atoms with Gasteiger partial charge in [0.25, 0.3) is 17.7 Å². The van der Waals surface area contributed by atoms with Crippen LogP contribution in [0.4, 0.5) is 0 Å². The number of hydrogen-bond acceptors (Lipinski definition) is 4. The molecular formula is C23H28N2O5. The summed E-state index contributed by atoms with van der Waals surface area (Å²) in [6.07, 6.45) is 8.14. The monoisotopic (exact) mass is 412 g/mol. The summed E-state index contributed by atoms with van der Waals surface area (Å²) in [6, 6.07) is 4.58. The fourth-order valence-corrected chi connectivity index (χ4v) is 5.17. The topological polar surface area (TPSA) is 104 Å². The van der Waals surface area contributed by atoms with Crippen molar-refractivity contribution in [3.8, 4) is 0 Å². The molecule has 0 saturated heterocycles. The standard InChI is InChI=1S/C23H28N2O5/c26-20(24-13-15-6-4-5-9-17(15)23(29)30)14-10-11-18-19(12-14)22(28)25(21(18)27)16-7-2-1-3-8-16/h10-12,15-17H,1-9,13H2,(H,24,26)(H,29,30)/t15-,17-/m0/s1. The van der Waals surface area contributed by atoms with E-state index in [1.165, 1.54) is 11.0 Å². The molecule has 30 heavy (non-hydrogen) atoms. The first kappa shape index (κ1) is 20.6. The highest BCUT2D eigenvalue weighted by Gasteiger charge is 2.40. The van der Waals surface area contributed by atoms with E-state index in [9.17, 15) is 24.3 Å². The van der Waals surface area contributed by atoms with E-state index in [2.05, 4.69) is 5.32 Å². The van der Waals surface area contributed by atoms with Crippen LogP contribution in [0.3, 0.4) is 0 Å². The highest BCUT2D eigenvalue weighted by Crippen LogP contribution is 2.32. The Balaban J connectivity index is 1.45. The second-order valence-electron chi connectivity index (χ2n) is 8.73. The van der Waals surface area contributed by atoms with Gasteiger partial charge in [-0.05, 0) is 49.8 Å². The van der Waals surface area contributed by atoms with Crippen molar-refractivity contribution in [2.45, 2.75) is 63.8 Å². The zero-order chi connectivity index (χ0) is 21.3. The molecule has 2 atom stereocenters. The number of aliphatic carboxylic acids is 1. The maximum Gasteiger partial charge on any atom is 0.306 e. The number of carboxylic acids is 1. The number of carboxylic acid groups (broad SMARTS) is 1. The second kappa shape index (κ2) is 8.58. The van der Waals surface area contributed by atoms with Gasteiger partial charge in [0.15, 0.2) is 0 Å². The first-order chi connectivity index (χ1) is 14.5. The van der Waals surface area contributed by atoms with Crippen LogP contribution in [0.25, 0.3) is 0 Å². The van der Waals surface area contributed by atoms with E-state index in [4.69, 9.17) is 0 Å². The Labute approximate surface area is 175 Å². The molecule has 0 aromatic heterocycles. The minimum Gasteiger partial charge on any atom is -0.481 e. The number of imide groups is 1. The molecule has 0 spiro atoms. The van der Waals surface area contributed by atoms with Gasteiger partial charge in [-0.2, -0.15) is 0 Å². The zero-order valence-corrected chi connectivity index (χ0v) is 17.1. The molecule has 0 unspecified atom stereocenters. The van der Waals surface area contributed by atoms with Crippen molar-refractivity contribution in [1.82, 2.24) is 10.2 Å². The Morgan fingerprint density at radius 3 is 2.33 bits per heavy atom. The average molecular weight is 412 g/mol. The predicted octanol–water partition coefficient (Wildman–Crippen LogP) is 3.24. The molecule has 7 heteroatoms. The van der Waals surface area contributed by atoms with E-state index in [0.29, 0.717) is 29.7 Å². The van der Waals surface area contributed by atoms with Crippen molar-refractivity contribution in [3.05, 3.63) is 34.9 Å². The van der Waals surface area contributed by atoms with Crippen LogP contribution in [0, 0.1) is 11.8 Å². The van der Waals surface area contributed by atoms with Crippen molar-refractivity contribution in [2.24, 2.45) is 11.8 Å². The van der Waals surface area contributed by atoms with Crippen LogP contribution in [-0.2, 0) is 4.79 Å². The number of rotatable bonds is 5. The lowest BCUT2D eigenvalue weighted by Gasteiger charge is -2.29. The van der Waals surface area contributed by atoms with Gasteiger partial charge in [-0.15, -0.1) is 0 Å². The quantitative estimate of drug-likeness (QED) is 0.723. The largest absolute Gasteiger partial charge is 0.481 e. The van der Waals surface area contributed by atoms with Crippen molar-refractivity contribution in [2.75, 3.05) is 6.54 Å². The van der Waals surface area contributed by atoms with Gasteiger partial charge < -0.3 is 10.4 Å². The molecule has 3 aliphatic rings. The number of fused-ring (bicyclic) bond motifs is 1. The predicted molar refractivity (Wildman–Crippen MR) is 109 cm³/mol. The van der Waals surface area contributed by atoms with Crippen molar-refractivity contribution < 1.29 is 24.3 Å². The van der Waals surface area contributed by atoms with Crippen molar-refractivity contribution in [3.63, 3.8) is 0 Å². The molecular weight excluding hydrogens is 384 g/mol. The summed E-state index contributed by atoms with van der Waals surface area (Å²) >= 11 is 0. The van der Waals surface area contributed by atoms with Crippen LogP contribution >= 0.6 is 0 Å². The second-order valence-corrected chi connectivity index (χ2v) is 8.73. The highest BCUT2D eigenvalue weighted by molar-refractivity contribution is 6.22. The lowest BCUT2D eigenvalue weighted by molar-refractivity contribution is -0.144. The maximum absolute atomic E-state index is 12.9. The molecule has 0 bridgehead atoms. The van der Waals surface area contributed by atoms with Gasteiger partial charge in [-0.25, -0.2) is 0 Å². The van der Waals surface area contributed by atoms with Crippen LogP contribution in [0.5, 0.6) is 0 Å². The zero-order valence-electron chi connectivity index (χ0n) is 17.1. The third-order valence-electron chi connectivity index (χ3n) is 6.87. The minimum absolute atomic E-state index is 0.0531. The summed E-state index contributed by atoms with van der Waals surface area (Å²) in [4.78, 5) is 51.2. The molecule has 2 fully saturated rings. The highest BCUT2D eigenvalue weighted by atomic mass is 16.4. The maximum atomic E-state index is 12.9. The Morgan fingerprint density at radius 1 is 0.933 bits per heavy atom. The molecule has 1 aromatic rings. The fraction of sp³-hybridized carbons (Fsp3) is 0.565. The van der Waals surface area contributed by atoms with E-state index < -0.39 is 11.9 Å². The summed E-state index contributed by atoms with van der Waals surface area (Å²) in [5.74, 6) is -2.24. The Bertz CT molecular complexity index is 874. The van der Waals surface area contributed by atoms with Crippen LogP contribution in [0.2, 0.25) is 0 Å². The van der Waals surface area contributed by atoms with Crippen LogP contribution in [0.15, 0.2) is 18.2 Å². The molecule has 2 aliphatic carbocycles. The van der Waals surface area contributed by atoms with Crippen LogP contribution in [-0.4, -0.2) is 46.3 Å². The minimum atomic E-state index is -0.807. The Kier molecular flexibility index (Phi) is 5.88. The molecule has 3 amide bonds. The van der Waals surface area contributed by atoms with E-state index >= 15 is 0 Å². The number of carbonyl (C=O) groups excluding carboxylic acids is 3. The van der Waals surface area contributed by atoms with E-state index in [-0.39, 0.29) is 29.7 Å². The Hall–Kier alpha value is -2.70. The smallest absolute Gasteiger partial charge is 0.306 e. The number of nitrogens with zero attached hydrogens (tertiary/aromatic N) is 1. The number of hydrogen-bond donors (Lipinski definition) is 2. The molecule has 1 heterocycles. The van der Waals surface area contributed by atoms with Gasteiger partial charge in [0.2, 0.25) is 0 Å². The summed E-state index contributed by atoms with van der Waals surface area (Å²) < 4.78 is 0. The number of nitrogens with one attached hydrogen (secondary N) is 1. The number of amides is 3. The molecule has 7 nitrogen and oxygen atoms in total. The van der Waals surface area contributed by atoms with E-state index in [1.807, 2.05) is 0 Å². The van der Waals surface area contributed by atoms with Gasteiger partial charge in [0.1, 0.15) is 0 Å². The molecule has 1 aromatic carbocycles. The SMILES string of the molecule is O=C(NC[C@@H]1CCCC[C@@H]1C(=O)O)c1ccc2c(c1)C(=O)N(C1CCCCC1)C2=O. The first-order valence-corrected chi connectivity index (χ1v) is 11.0. The number of benzene rings is 1. The third kappa shape index (κ3) is 3.85. The molecule has 160 valence electrons. The molecule has 2 N–H and O–H groups in total. The molecule has 2 saturated carbocycles. The van der Waals surface area contributed by atoms with Gasteiger partial charge in [0.05, 0.1) is 17.0 Å². The normalized spacial score (nSPS) is 24.6. The summed E-state index contributed by atoms with van der Waals surface area (Å²) in [6.45, 7) is 0.300. The fourth-order valence-electron chi connectivity index (χ4n) is 5.17. The Morgan fingerprint density at radius 2 is 1.60 bits per heavy atom.